The molecule has 1 N–H and O–H groups in total. The lowest BCUT2D eigenvalue weighted by Gasteiger charge is -2.25. The third kappa shape index (κ3) is 4.96. The van der Waals surface area contributed by atoms with Gasteiger partial charge in [0, 0.05) is 17.1 Å². The van der Waals surface area contributed by atoms with Crippen LogP contribution in [0.1, 0.15) is 5.56 Å². The molecule has 39 heavy (non-hydrogen) atoms. The zero-order valence-corrected chi connectivity index (χ0v) is 21.2. The fourth-order valence-corrected chi connectivity index (χ4v) is 5.55. The van der Waals surface area contributed by atoms with Gasteiger partial charge in [0.05, 0.1) is 21.3 Å². The number of aromatic hydroxyl groups is 1. The highest BCUT2D eigenvalue weighted by Gasteiger charge is 2.31. The second-order valence-electron chi connectivity index (χ2n) is 8.98. The van der Waals surface area contributed by atoms with Crippen LogP contribution in [-0.4, -0.2) is 10.1 Å². The highest BCUT2D eigenvalue weighted by molar-refractivity contribution is 7.21. The Balaban J connectivity index is 1.32. The SMILES string of the molecule is Oc1cc(C(F)(F)F)ccc1-c1nc2ccc(-c3ccc(N(c4ccccc4)c4ccccc4)cc3)cc2s1. The maximum atomic E-state index is 13.0. The molecule has 0 amide bonds. The van der Waals surface area contributed by atoms with Crippen molar-refractivity contribution in [2.45, 2.75) is 6.18 Å². The predicted octanol–water partition coefficient (Wildman–Crippen LogP) is 9.82. The van der Waals surface area contributed by atoms with Crippen LogP contribution in [-0.2, 0) is 6.18 Å². The van der Waals surface area contributed by atoms with Crippen molar-refractivity contribution >= 4 is 38.6 Å². The van der Waals surface area contributed by atoms with Crippen molar-refractivity contribution in [2.75, 3.05) is 4.90 Å². The summed E-state index contributed by atoms with van der Waals surface area (Å²) in [6.07, 6.45) is -4.52. The molecule has 0 saturated heterocycles. The number of para-hydroxylation sites is 2. The molecule has 0 aliphatic rings. The molecule has 0 atom stereocenters. The van der Waals surface area contributed by atoms with Gasteiger partial charge in [0.25, 0.3) is 0 Å². The number of phenols is 1. The second kappa shape index (κ2) is 9.93. The first kappa shape index (κ1) is 24.7. The van der Waals surface area contributed by atoms with Crippen LogP contribution in [0.5, 0.6) is 5.75 Å². The minimum absolute atomic E-state index is 0.275. The monoisotopic (exact) mass is 538 g/mol. The Kier molecular flexibility index (Phi) is 6.29. The Bertz CT molecular complexity index is 1710. The molecule has 0 saturated carbocycles. The van der Waals surface area contributed by atoms with Crippen LogP contribution in [0, 0.1) is 0 Å². The molecule has 3 nitrogen and oxygen atoms in total. The normalized spacial score (nSPS) is 11.6. The van der Waals surface area contributed by atoms with E-state index in [9.17, 15) is 18.3 Å². The number of halogens is 3. The Morgan fingerprint density at radius 3 is 1.82 bits per heavy atom. The molecule has 1 heterocycles. The van der Waals surface area contributed by atoms with E-state index in [1.54, 1.807) is 0 Å². The number of hydrogen-bond donors (Lipinski definition) is 1. The number of thiazole rings is 1. The van der Waals surface area contributed by atoms with Crippen LogP contribution in [0.2, 0.25) is 0 Å². The van der Waals surface area contributed by atoms with Gasteiger partial charge in [0.1, 0.15) is 10.8 Å². The van der Waals surface area contributed by atoms with E-state index in [-0.39, 0.29) is 5.56 Å². The van der Waals surface area contributed by atoms with E-state index in [4.69, 9.17) is 0 Å². The molecule has 6 rings (SSSR count). The first-order valence-corrected chi connectivity index (χ1v) is 13.0. The van der Waals surface area contributed by atoms with Crippen molar-refractivity contribution in [1.29, 1.82) is 0 Å². The molecule has 0 aliphatic carbocycles. The summed E-state index contributed by atoms with van der Waals surface area (Å²) < 4.78 is 39.8. The van der Waals surface area contributed by atoms with Crippen molar-refractivity contribution < 1.29 is 18.3 Å². The first-order chi connectivity index (χ1) is 18.9. The van der Waals surface area contributed by atoms with E-state index in [0.717, 1.165) is 45.0 Å². The third-order valence-corrected chi connectivity index (χ3v) is 7.48. The van der Waals surface area contributed by atoms with Gasteiger partial charge in [-0.05, 0) is 77.9 Å². The van der Waals surface area contributed by atoms with Gasteiger partial charge in [0.15, 0.2) is 0 Å². The van der Waals surface area contributed by atoms with Gasteiger partial charge in [-0.2, -0.15) is 13.2 Å². The minimum Gasteiger partial charge on any atom is -0.507 e. The first-order valence-electron chi connectivity index (χ1n) is 12.2. The van der Waals surface area contributed by atoms with E-state index in [0.29, 0.717) is 10.5 Å². The Morgan fingerprint density at radius 2 is 1.23 bits per heavy atom. The topological polar surface area (TPSA) is 36.4 Å². The smallest absolute Gasteiger partial charge is 0.416 e. The molecular weight excluding hydrogens is 517 g/mol. The van der Waals surface area contributed by atoms with Gasteiger partial charge in [-0.3, -0.25) is 0 Å². The molecule has 0 aliphatic heterocycles. The standard InChI is InChI=1S/C32H21F3N2OS/c33-32(34,35)23-14-17-27(29(38)20-23)31-36-28-18-13-22(19-30(28)39-31)21-11-15-26(16-12-21)37(24-7-3-1-4-8-24)25-9-5-2-6-10-25/h1-20,38H. The van der Waals surface area contributed by atoms with Gasteiger partial charge in [-0.25, -0.2) is 4.98 Å². The van der Waals surface area contributed by atoms with Crippen molar-refractivity contribution in [3.05, 3.63) is 127 Å². The lowest BCUT2D eigenvalue weighted by atomic mass is 10.0. The maximum absolute atomic E-state index is 13.0. The summed E-state index contributed by atoms with van der Waals surface area (Å²) in [6, 6.07) is 37.5. The van der Waals surface area contributed by atoms with Gasteiger partial charge < -0.3 is 10.0 Å². The number of hydrogen-bond acceptors (Lipinski definition) is 4. The maximum Gasteiger partial charge on any atom is 0.416 e. The molecule has 7 heteroatoms. The van der Waals surface area contributed by atoms with Gasteiger partial charge >= 0.3 is 6.18 Å². The number of fused-ring (bicyclic) bond motifs is 1. The molecule has 5 aromatic carbocycles. The highest BCUT2D eigenvalue weighted by Crippen LogP contribution is 2.40. The van der Waals surface area contributed by atoms with Crippen molar-refractivity contribution in [3.63, 3.8) is 0 Å². The predicted molar refractivity (Wildman–Crippen MR) is 152 cm³/mol. The number of aromatic nitrogens is 1. The largest absolute Gasteiger partial charge is 0.507 e. The summed E-state index contributed by atoms with van der Waals surface area (Å²) >= 11 is 1.33. The summed E-state index contributed by atoms with van der Waals surface area (Å²) in [4.78, 5) is 6.74. The van der Waals surface area contributed by atoms with Crippen molar-refractivity contribution in [3.8, 4) is 27.4 Å². The number of phenolic OH excluding ortho intramolecular Hbond substituents is 1. The molecule has 0 unspecified atom stereocenters. The molecule has 0 fully saturated rings. The summed E-state index contributed by atoms with van der Waals surface area (Å²) in [5.41, 5.74) is 5.25. The van der Waals surface area contributed by atoms with E-state index in [2.05, 4.69) is 58.4 Å². The van der Waals surface area contributed by atoms with Gasteiger partial charge in [-0.15, -0.1) is 11.3 Å². The van der Waals surface area contributed by atoms with Gasteiger partial charge in [0.2, 0.25) is 0 Å². The molecule has 0 bridgehead atoms. The van der Waals surface area contributed by atoms with E-state index in [1.165, 1.54) is 17.4 Å². The summed E-state index contributed by atoms with van der Waals surface area (Å²) in [5.74, 6) is -0.443. The fraction of sp³-hybridized carbons (Fsp3) is 0.0312. The Morgan fingerprint density at radius 1 is 0.641 bits per heavy atom. The molecule has 1 aromatic heterocycles. The molecule has 0 radical (unpaired) electrons. The lowest BCUT2D eigenvalue weighted by molar-refractivity contribution is -0.137. The lowest BCUT2D eigenvalue weighted by Crippen LogP contribution is -2.09. The van der Waals surface area contributed by atoms with E-state index < -0.39 is 17.5 Å². The number of benzene rings is 5. The Labute approximate surface area is 227 Å². The van der Waals surface area contributed by atoms with Crippen molar-refractivity contribution in [2.24, 2.45) is 0 Å². The summed E-state index contributed by atoms with van der Waals surface area (Å²) in [5, 5.41) is 10.7. The minimum atomic E-state index is -4.52. The summed E-state index contributed by atoms with van der Waals surface area (Å²) in [7, 11) is 0. The second-order valence-corrected chi connectivity index (χ2v) is 10.0. The number of anilines is 3. The zero-order valence-electron chi connectivity index (χ0n) is 20.4. The van der Waals surface area contributed by atoms with Crippen LogP contribution in [0.3, 0.4) is 0 Å². The molecular formula is C32H21F3N2OS. The van der Waals surface area contributed by atoms with Crippen molar-refractivity contribution in [1.82, 2.24) is 4.98 Å². The van der Waals surface area contributed by atoms with E-state index in [1.807, 2.05) is 54.6 Å². The van der Waals surface area contributed by atoms with Crippen LogP contribution < -0.4 is 4.90 Å². The number of alkyl halides is 3. The average molecular weight is 539 g/mol. The number of rotatable bonds is 5. The highest BCUT2D eigenvalue weighted by atomic mass is 32.1. The molecule has 0 spiro atoms. The molecule has 192 valence electrons. The average Bonchev–Trinajstić information content (AvgIpc) is 3.37. The van der Waals surface area contributed by atoms with Crippen LogP contribution in [0.4, 0.5) is 30.2 Å². The number of nitrogens with zero attached hydrogens (tertiary/aromatic N) is 2. The fourth-order valence-electron chi connectivity index (χ4n) is 4.51. The van der Waals surface area contributed by atoms with Crippen LogP contribution >= 0.6 is 11.3 Å². The molecule has 6 aromatic rings. The van der Waals surface area contributed by atoms with Gasteiger partial charge in [-0.1, -0.05) is 54.6 Å². The van der Waals surface area contributed by atoms with Crippen LogP contribution in [0.25, 0.3) is 31.9 Å². The third-order valence-electron chi connectivity index (χ3n) is 6.43. The zero-order chi connectivity index (χ0) is 27.0. The Hall–Kier alpha value is -4.62. The summed E-state index contributed by atoms with van der Waals surface area (Å²) in [6.45, 7) is 0. The van der Waals surface area contributed by atoms with E-state index >= 15 is 0 Å². The van der Waals surface area contributed by atoms with Crippen LogP contribution in [0.15, 0.2) is 121 Å². The quantitative estimate of drug-likeness (QED) is 0.237.